The van der Waals surface area contributed by atoms with Gasteiger partial charge in [0.15, 0.2) is 5.69 Å². The topological polar surface area (TPSA) is 78.3 Å². The predicted octanol–water partition coefficient (Wildman–Crippen LogP) is 1.68. The molecule has 0 amide bonds. The van der Waals surface area contributed by atoms with Gasteiger partial charge in [0, 0.05) is 5.56 Å². The molecule has 0 unspecified atom stereocenters. The molecule has 2 rings (SSSR count). The van der Waals surface area contributed by atoms with Gasteiger partial charge in [-0.1, -0.05) is 42.5 Å². The van der Waals surface area contributed by atoms with Crippen molar-refractivity contribution >= 4 is 22.9 Å². The summed E-state index contributed by atoms with van der Waals surface area (Å²) in [6, 6.07) is 9.17. The van der Waals surface area contributed by atoms with E-state index in [2.05, 4.69) is 15.3 Å². The van der Waals surface area contributed by atoms with E-state index in [0.717, 1.165) is 11.9 Å². The zero-order valence-corrected chi connectivity index (χ0v) is 9.48. The Kier molecular flexibility index (Phi) is 3.15. The van der Waals surface area contributed by atoms with Gasteiger partial charge >= 0.3 is 0 Å². The summed E-state index contributed by atoms with van der Waals surface area (Å²) in [6.45, 7) is 0. The highest BCUT2D eigenvalue weighted by atomic mass is 32.1. The second kappa shape index (κ2) is 4.75. The van der Waals surface area contributed by atoms with E-state index < -0.39 is 0 Å². The maximum atomic E-state index is 9.45. The van der Waals surface area contributed by atoms with Gasteiger partial charge in [0.25, 0.3) is 0 Å². The van der Waals surface area contributed by atoms with Gasteiger partial charge in [0.05, 0.1) is 0 Å². The van der Waals surface area contributed by atoms with Gasteiger partial charge in [-0.15, -0.1) is 0 Å². The molecule has 17 heavy (non-hydrogen) atoms. The summed E-state index contributed by atoms with van der Waals surface area (Å²) in [4.78, 5) is 7.46. The minimum absolute atomic E-state index is 0.00125. The highest BCUT2D eigenvalue weighted by Crippen LogP contribution is 2.28. The summed E-state index contributed by atoms with van der Waals surface area (Å²) in [5.41, 5.74) is 0.770. The van der Waals surface area contributed by atoms with Crippen LogP contribution in [0.15, 0.2) is 36.7 Å². The summed E-state index contributed by atoms with van der Waals surface area (Å²) >= 11 is 5.13. The number of benzene rings is 1. The van der Waals surface area contributed by atoms with Crippen molar-refractivity contribution in [2.45, 2.75) is 0 Å². The number of rotatable bonds is 2. The maximum absolute atomic E-state index is 9.45. The van der Waals surface area contributed by atoms with Crippen LogP contribution in [0.1, 0.15) is 5.56 Å². The first-order chi connectivity index (χ1) is 8.18. The third kappa shape index (κ3) is 2.48. The van der Waals surface area contributed by atoms with Gasteiger partial charge in [-0.3, -0.25) is 0 Å². The van der Waals surface area contributed by atoms with Crippen LogP contribution in [0.2, 0.25) is 0 Å². The molecule has 5 nitrogen and oxygen atoms in total. The molecule has 3 N–H and O–H groups in total. The Morgan fingerprint density at radius 3 is 2.24 bits per heavy atom. The number of aromatic nitrogens is 2. The van der Waals surface area contributed by atoms with Gasteiger partial charge < -0.3 is 15.5 Å². The minimum Gasteiger partial charge on any atom is -0.492 e. The first kappa shape index (κ1) is 11.3. The summed E-state index contributed by atoms with van der Waals surface area (Å²) < 4.78 is 0. The van der Waals surface area contributed by atoms with Crippen LogP contribution >= 0.6 is 12.2 Å². The Morgan fingerprint density at radius 1 is 1.06 bits per heavy atom. The van der Waals surface area contributed by atoms with E-state index in [1.54, 1.807) is 0 Å². The molecule has 0 aliphatic heterocycles. The lowest BCUT2D eigenvalue weighted by atomic mass is 10.2. The van der Waals surface area contributed by atoms with E-state index in [0.29, 0.717) is 4.99 Å². The highest BCUT2D eigenvalue weighted by Gasteiger charge is 2.11. The SMILES string of the molecule is Oc1ncnc(O)c1NC(=S)c1ccccc1. The van der Waals surface area contributed by atoms with E-state index >= 15 is 0 Å². The Hall–Kier alpha value is -2.21. The lowest BCUT2D eigenvalue weighted by Gasteiger charge is -2.09. The first-order valence-corrected chi connectivity index (χ1v) is 5.18. The fourth-order valence-corrected chi connectivity index (χ4v) is 1.49. The Labute approximate surface area is 103 Å². The largest absolute Gasteiger partial charge is 0.492 e. The highest BCUT2D eigenvalue weighted by molar-refractivity contribution is 7.81. The monoisotopic (exact) mass is 247 g/mol. The molecule has 0 saturated carbocycles. The molecular weight excluding hydrogens is 238 g/mol. The third-order valence-corrected chi connectivity index (χ3v) is 2.42. The molecule has 1 aromatic carbocycles. The van der Waals surface area contributed by atoms with E-state index in [9.17, 15) is 10.2 Å². The second-order valence-electron chi connectivity index (χ2n) is 3.22. The average Bonchev–Trinajstić information content (AvgIpc) is 2.35. The van der Waals surface area contributed by atoms with E-state index in [1.807, 2.05) is 30.3 Å². The van der Waals surface area contributed by atoms with Crippen molar-refractivity contribution in [1.82, 2.24) is 9.97 Å². The van der Waals surface area contributed by atoms with E-state index in [1.165, 1.54) is 0 Å². The number of thiocarbonyl (C=S) groups is 1. The fraction of sp³-hybridized carbons (Fsp3) is 0. The van der Waals surface area contributed by atoms with Crippen molar-refractivity contribution in [3.8, 4) is 11.8 Å². The Bertz CT molecular complexity index is 525. The van der Waals surface area contributed by atoms with Crippen LogP contribution in [0.25, 0.3) is 0 Å². The minimum atomic E-state index is -0.351. The number of hydrogen-bond donors (Lipinski definition) is 3. The molecule has 0 radical (unpaired) electrons. The molecule has 86 valence electrons. The van der Waals surface area contributed by atoms with Crippen molar-refractivity contribution in [2.24, 2.45) is 0 Å². The first-order valence-electron chi connectivity index (χ1n) is 4.78. The smallest absolute Gasteiger partial charge is 0.242 e. The summed E-state index contributed by atoms with van der Waals surface area (Å²) in [5.74, 6) is -0.702. The number of anilines is 1. The van der Waals surface area contributed by atoms with Crippen molar-refractivity contribution in [1.29, 1.82) is 0 Å². The van der Waals surface area contributed by atoms with Crippen LogP contribution in [0.4, 0.5) is 5.69 Å². The molecule has 0 bridgehead atoms. The van der Waals surface area contributed by atoms with Crippen LogP contribution in [-0.2, 0) is 0 Å². The van der Waals surface area contributed by atoms with Gasteiger partial charge in [-0.25, -0.2) is 0 Å². The summed E-state index contributed by atoms with van der Waals surface area (Å²) in [5, 5.41) is 21.6. The summed E-state index contributed by atoms with van der Waals surface area (Å²) in [6.07, 6.45) is 1.06. The summed E-state index contributed by atoms with van der Waals surface area (Å²) in [7, 11) is 0. The van der Waals surface area contributed by atoms with E-state index in [-0.39, 0.29) is 17.4 Å². The quantitative estimate of drug-likeness (QED) is 0.701. The molecule has 0 aliphatic rings. The second-order valence-corrected chi connectivity index (χ2v) is 3.62. The Morgan fingerprint density at radius 2 is 1.65 bits per heavy atom. The zero-order valence-electron chi connectivity index (χ0n) is 8.66. The predicted molar refractivity (Wildman–Crippen MR) is 67.1 cm³/mol. The molecule has 1 heterocycles. The van der Waals surface area contributed by atoms with Gasteiger partial charge in [-0.05, 0) is 0 Å². The molecule has 0 saturated heterocycles. The number of nitrogens with zero attached hydrogens (tertiary/aromatic N) is 2. The average molecular weight is 247 g/mol. The van der Waals surface area contributed by atoms with Gasteiger partial charge in [0.2, 0.25) is 11.8 Å². The third-order valence-electron chi connectivity index (χ3n) is 2.08. The van der Waals surface area contributed by atoms with Crippen LogP contribution in [0, 0.1) is 0 Å². The molecule has 0 fully saturated rings. The van der Waals surface area contributed by atoms with Crippen LogP contribution in [-0.4, -0.2) is 25.2 Å². The maximum Gasteiger partial charge on any atom is 0.242 e. The van der Waals surface area contributed by atoms with Gasteiger partial charge in [-0.2, -0.15) is 9.97 Å². The molecule has 0 spiro atoms. The lowest BCUT2D eigenvalue weighted by Crippen LogP contribution is -2.11. The molecule has 0 aliphatic carbocycles. The number of nitrogens with one attached hydrogen (secondary N) is 1. The van der Waals surface area contributed by atoms with Crippen LogP contribution in [0.5, 0.6) is 11.8 Å². The van der Waals surface area contributed by atoms with Crippen molar-refractivity contribution in [3.05, 3.63) is 42.2 Å². The Balaban J connectivity index is 2.25. The molecular formula is C11H9N3O2S. The van der Waals surface area contributed by atoms with Crippen molar-refractivity contribution < 1.29 is 10.2 Å². The van der Waals surface area contributed by atoms with Crippen molar-refractivity contribution in [3.63, 3.8) is 0 Å². The van der Waals surface area contributed by atoms with Crippen LogP contribution < -0.4 is 5.32 Å². The molecule has 0 atom stereocenters. The fourth-order valence-electron chi connectivity index (χ4n) is 1.25. The van der Waals surface area contributed by atoms with Gasteiger partial charge in [0.1, 0.15) is 11.3 Å². The lowest BCUT2D eigenvalue weighted by molar-refractivity contribution is 0.426. The normalized spacial score (nSPS) is 9.88. The molecule has 1 aromatic heterocycles. The van der Waals surface area contributed by atoms with Crippen molar-refractivity contribution in [2.75, 3.05) is 5.32 Å². The van der Waals surface area contributed by atoms with E-state index in [4.69, 9.17) is 12.2 Å². The zero-order chi connectivity index (χ0) is 12.3. The number of hydrogen-bond acceptors (Lipinski definition) is 5. The molecule has 6 heteroatoms. The standard InChI is InChI=1S/C11H9N3O2S/c15-9-8(10(16)13-6-12-9)14-11(17)7-4-2-1-3-5-7/h1-6H,(H,14,17)(H2,12,13,15,16). The molecule has 2 aromatic rings. The van der Waals surface area contributed by atoms with Crippen LogP contribution in [0.3, 0.4) is 0 Å². The number of aromatic hydroxyl groups is 2.